The molecule has 1 aromatic carbocycles. The lowest BCUT2D eigenvalue weighted by molar-refractivity contribution is 0.0874. The number of piperazine rings is 1. The third kappa shape index (κ3) is 4.22. The molecule has 118 valence electrons. The van der Waals surface area contributed by atoms with Gasteiger partial charge in [0.15, 0.2) is 0 Å². The Labute approximate surface area is 125 Å². The van der Waals surface area contributed by atoms with Crippen molar-refractivity contribution in [1.29, 1.82) is 0 Å². The largest absolute Gasteiger partial charge is 0.309 e. The molecule has 0 bridgehead atoms. The van der Waals surface area contributed by atoms with Crippen LogP contribution in [0.2, 0.25) is 0 Å². The fraction of sp³-hybridized carbons (Fsp3) is 0.625. The summed E-state index contributed by atoms with van der Waals surface area (Å²) in [5, 5.41) is 3.46. The summed E-state index contributed by atoms with van der Waals surface area (Å²) in [5.41, 5.74) is 0.688. The lowest BCUT2D eigenvalue weighted by atomic mass is 9.95. The first-order valence-corrected chi connectivity index (χ1v) is 7.59. The number of hydrogen-bond donors (Lipinski definition) is 1. The maximum Gasteiger partial charge on any atom is 0.126 e. The number of rotatable bonds is 5. The Morgan fingerprint density at radius 3 is 2.48 bits per heavy atom. The van der Waals surface area contributed by atoms with E-state index in [4.69, 9.17) is 0 Å². The van der Waals surface area contributed by atoms with Crippen LogP contribution in [0.15, 0.2) is 18.2 Å². The fourth-order valence-corrected chi connectivity index (χ4v) is 2.93. The summed E-state index contributed by atoms with van der Waals surface area (Å²) in [7, 11) is 4.16. The van der Waals surface area contributed by atoms with Crippen LogP contribution in [0.4, 0.5) is 8.78 Å². The summed E-state index contributed by atoms with van der Waals surface area (Å²) in [6.07, 6.45) is 0.987. The Kier molecular flexibility index (Phi) is 5.67. The number of likely N-dealkylation sites (N-methyl/N-ethyl adjacent to an activating group) is 2. The first-order chi connectivity index (χ1) is 10.0. The second kappa shape index (κ2) is 7.29. The van der Waals surface area contributed by atoms with Gasteiger partial charge in [-0.2, -0.15) is 0 Å². The molecule has 0 aliphatic carbocycles. The van der Waals surface area contributed by atoms with Gasteiger partial charge in [0.25, 0.3) is 0 Å². The van der Waals surface area contributed by atoms with E-state index in [0.29, 0.717) is 5.56 Å². The molecule has 5 heteroatoms. The van der Waals surface area contributed by atoms with Crippen LogP contribution in [0.5, 0.6) is 0 Å². The van der Waals surface area contributed by atoms with Crippen molar-refractivity contribution in [3.63, 3.8) is 0 Å². The van der Waals surface area contributed by atoms with E-state index in [0.717, 1.165) is 38.7 Å². The molecule has 1 aromatic rings. The molecular weight excluding hydrogens is 272 g/mol. The lowest BCUT2D eigenvalue weighted by Crippen LogP contribution is -2.55. The molecule has 0 saturated carbocycles. The fourth-order valence-electron chi connectivity index (χ4n) is 2.93. The smallest absolute Gasteiger partial charge is 0.126 e. The molecule has 3 nitrogen and oxygen atoms in total. The molecule has 1 aliphatic heterocycles. The van der Waals surface area contributed by atoms with Crippen molar-refractivity contribution in [2.75, 3.05) is 40.3 Å². The maximum absolute atomic E-state index is 13.6. The molecule has 2 rings (SSSR count). The Bertz CT molecular complexity index is 447. The van der Waals surface area contributed by atoms with Crippen LogP contribution in [0.3, 0.4) is 0 Å². The van der Waals surface area contributed by atoms with Crippen LogP contribution in [0.25, 0.3) is 0 Å². The molecule has 1 N–H and O–H groups in total. The van der Waals surface area contributed by atoms with E-state index < -0.39 is 11.6 Å². The molecule has 2 unspecified atom stereocenters. The minimum absolute atomic E-state index is 0.0668. The average molecular weight is 297 g/mol. The van der Waals surface area contributed by atoms with E-state index in [1.54, 1.807) is 0 Å². The molecule has 0 amide bonds. The van der Waals surface area contributed by atoms with Gasteiger partial charge in [0.05, 0.1) is 0 Å². The van der Waals surface area contributed by atoms with Crippen LogP contribution in [-0.4, -0.2) is 56.1 Å². The SMILES string of the molecule is CCCNC(c1cc(F)cc(F)c1)C1CN(C)CCN1C. The van der Waals surface area contributed by atoms with Crippen molar-refractivity contribution in [1.82, 2.24) is 15.1 Å². The standard InChI is InChI=1S/C16H25F2N3/c1-4-5-19-16(12-8-13(17)10-14(18)9-12)15-11-20(2)6-7-21(15)3/h8-10,15-16,19H,4-7,11H2,1-3H3. The van der Waals surface area contributed by atoms with Gasteiger partial charge in [0.2, 0.25) is 0 Å². The summed E-state index contributed by atoms with van der Waals surface area (Å²) in [6, 6.07) is 3.95. The molecule has 0 radical (unpaired) electrons. The zero-order chi connectivity index (χ0) is 15.4. The number of benzene rings is 1. The number of halogens is 2. The van der Waals surface area contributed by atoms with Crippen molar-refractivity contribution < 1.29 is 8.78 Å². The Balaban J connectivity index is 2.28. The predicted octanol–water partition coefficient (Wildman–Crippen LogP) is 2.25. The van der Waals surface area contributed by atoms with Gasteiger partial charge in [0.1, 0.15) is 11.6 Å². The van der Waals surface area contributed by atoms with E-state index in [9.17, 15) is 8.78 Å². The van der Waals surface area contributed by atoms with Crippen LogP contribution >= 0.6 is 0 Å². The van der Waals surface area contributed by atoms with Gasteiger partial charge < -0.3 is 10.2 Å². The Morgan fingerprint density at radius 2 is 1.86 bits per heavy atom. The molecule has 0 aromatic heterocycles. The summed E-state index contributed by atoms with van der Waals surface area (Å²) in [6.45, 7) is 5.79. The van der Waals surface area contributed by atoms with Gasteiger partial charge >= 0.3 is 0 Å². The summed E-state index contributed by atoms with van der Waals surface area (Å²) in [4.78, 5) is 4.54. The zero-order valence-corrected chi connectivity index (χ0v) is 13.1. The van der Waals surface area contributed by atoms with Crippen molar-refractivity contribution in [3.8, 4) is 0 Å². The van der Waals surface area contributed by atoms with Crippen molar-refractivity contribution >= 4 is 0 Å². The highest BCUT2D eigenvalue weighted by atomic mass is 19.1. The average Bonchev–Trinajstić information content (AvgIpc) is 2.42. The maximum atomic E-state index is 13.6. The highest BCUT2D eigenvalue weighted by molar-refractivity contribution is 5.23. The quantitative estimate of drug-likeness (QED) is 0.899. The van der Waals surface area contributed by atoms with Crippen LogP contribution in [-0.2, 0) is 0 Å². The second-order valence-corrected chi connectivity index (χ2v) is 5.94. The van der Waals surface area contributed by atoms with Gasteiger partial charge in [-0.15, -0.1) is 0 Å². The summed E-state index contributed by atoms with van der Waals surface area (Å²) < 4.78 is 27.1. The van der Waals surface area contributed by atoms with Crippen molar-refractivity contribution in [2.24, 2.45) is 0 Å². The van der Waals surface area contributed by atoms with Gasteiger partial charge in [-0.1, -0.05) is 6.92 Å². The van der Waals surface area contributed by atoms with E-state index in [1.165, 1.54) is 12.1 Å². The minimum Gasteiger partial charge on any atom is -0.309 e. The van der Waals surface area contributed by atoms with Gasteiger partial charge in [-0.05, 0) is 44.8 Å². The molecule has 1 fully saturated rings. The first-order valence-electron chi connectivity index (χ1n) is 7.59. The monoisotopic (exact) mass is 297 g/mol. The highest BCUT2D eigenvalue weighted by Crippen LogP contribution is 2.25. The van der Waals surface area contributed by atoms with Gasteiger partial charge in [0, 0.05) is 37.8 Å². The topological polar surface area (TPSA) is 18.5 Å². The Hall–Kier alpha value is -1.04. The second-order valence-electron chi connectivity index (χ2n) is 5.94. The zero-order valence-electron chi connectivity index (χ0n) is 13.1. The van der Waals surface area contributed by atoms with E-state index in [1.807, 2.05) is 0 Å². The minimum atomic E-state index is -0.514. The number of nitrogens with zero attached hydrogens (tertiary/aromatic N) is 2. The van der Waals surface area contributed by atoms with Crippen molar-refractivity contribution in [3.05, 3.63) is 35.4 Å². The molecular formula is C16H25F2N3. The van der Waals surface area contributed by atoms with Crippen molar-refractivity contribution in [2.45, 2.75) is 25.4 Å². The highest BCUT2D eigenvalue weighted by Gasteiger charge is 2.31. The predicted molar refractivity (Wildman–Crippen MR) is 81.3 cm³/mol. The first kappa shape index (κ1) is 16.3. The third-order valence-corrected chi connectivity index (χ3v) is 4.14. The van der Waals surface area contributed by atoms with E-state index in [2.05, 4.69) is 36.1 Å². The van der Waals surface area contributed by atoms with E-state index >= 15 is 0 Å². The number of hydrogen-bond acceptors (Lipinski definition) is 3. The number of nitrogens with one attached hydrogen (secondary N) is 1. The normalized spacial score (nSPS) is 22.4. The molecule has 1 aliphatic rings. The summed E-state index contributed by atoms with van der Waals surface area (Å²) in [5.74, 6) is -1.03. The molecule has 1 saturated heterocycles. The molecule has 0 spiro atoms. The molecule has 2 atom stereocenters. The van der Waals surface area contributed by atoms with E-state index in [-0.39, 0.29) is 12.1 Å². The molecule has 21 heavy (non-hydrogen) atoms. The Morgan fingerprint density at radius 1 is 1.19 bits per heavy atom. The molecule has 1 heterocycles. The van der Waals surface area contributed by atoms with Crippen LogP contribution in [0, 0.1) is 11.6 Å². The van der Waals surface area contributed by atoms with Gasteiger partial charge in [-0.3, -0.25) is 4.90 Å². The van der Waals surface area contributed by atoms with Crippen LogP contribution < -0.4 is 5.32 Å². The summed E-state index contributed by atoms with van der Waals surface area (Å²) >= 11 is 0. The third-order valence-electron chi connectivity index (χ3n) is 4.14. The van der Waals surface area contributed by atoms with Gasteiger partial charge in [-0.25, -0.2) is 8.78 Å². The van der Waals surface area contributed by atoms with Crippen LogP contribution in [0.1, 0.15) is 24.9 Å². The lowest BCUT2D eigenvalue weighted by Gasteiger charge is -2.42.